The lowest BCUT2D eigenvalue weighted by molar-refractivity contribution is 0.340. The molecule has 0 bridgehead atoms. The third-order valence-corrected chi connectivity index (χ3v) is 6.37. The lowest BCUT2D eigenvalue weighted by Gasteiger charge is -2.33. The van der Waals surface area contributed by atoms with Gasteiger partial charge >= 0.3 is 5.69 Å². The van der Waals surface area contributed by atoms with Crippen molar-refractivity contribution in [3.63, 3.8) is 0 Å². The van der Waals surface area contributed by atoms with Crippen molar-refractivity contribution < 1.29 is 4.74 Å². The molecule has 0 saturated heterocycles. The van der Waals surface area contributed by atoms with Crippen molar-refractivity contribution in [3.05, 3.63) is 80.0 Å². The van der Waals surface area contributed by atoms with Crippen molar-refractivity contribution in [1.82, 2.24) is 18.7 Å². The fourth-order valence-corrected chi connectivity index (χ4v) is 4.78. The van der Waals surface area contributed by atoms with E-state index in [1.807, 2.05) is 47.9 Å². The third kappa shape index (κ3) is 3.77. The second kappa shape index (κ2) is 8.68. The minimum absolute atomic E-state index is 0.140. The highest BCUT2D eigenvalue weighted by molar-refractivity contribution is 6.30. The van der Waals surface area contributed by atoms with E-state index in [2.05, 4.69) is 11.8 Å². The van der Waals surface area contributed by atoms with Crippen LogP contribution in [0.15, 0.2) is 58.1 Å². The van der Waals surface area contributed by atoms with Crippen LogP contribution < -0.4 is 20.9 Å². The summed E-state index contributed by atoms with van der Waals surface area (Å²) in [5, 5.41) is 0.560. The quantitative estimate of drug-likeness (QED) is 0.435. The van der Waals surface area contributed by atoms with E-state index < -0.39 is 5.69 Å². The summed E-state index contributed by atoms with van der Waals surface area (Å²) < 4.78 is 10.2. The Labute approximate surface area is 201 Å². The maximum atomic E-state index is 13.6. The second-order valence-corrected chi connectivity index (χ2v) is 9.14. The van der Waals surface area contributed by atoms with Gasteiger partial charge in [-0.15, -0.1) is 0 Å². The Hall–Kier alpha value is -3.52. The van der Waals surface area contributed by atoms with Crippen LogP contribution >= 0.6 is 11.6 Å². The molecule has 8 nitrogen and oxygen atoms in total. The van der Waals surface area contributed by atoms with E-state index in [1.165, 1.54) is 9.13 Å². The van der Waals surface area contributed by atoms with Crippen molar-refractivity contribution in [2.45, 2.75) is 26.9 Å². The van der Waals surface area contributed by atoms with Crippen LogP contribution in [0.4, 0.5) is 11.6 Å². The van der Waals surface area contributed by atoms with Gasteiger partial charge in [-0.05, 0) is 54.8 Å². The van der Waals surface area contributed by atoms with Gasteiger partial charge in [-0.2, -0.15) is 4.98 Å². The smallest absolute Gasteiger partial charge is 0.332 e. The van der Waals surface area contributed by atoms with Crippen LogP contribution in [0.3, 0.4) is 0 Å². The summed E-state index contributed by atoms with van der Waals surface area (Å²) in [6, 6.07) is 15.0. The zero-order valence-corrected chi connectivity index (χ0v) is 20.1. The molecule has 1 atom stereocenters. The Bertz CT molecular complexity index is 1490. The van der Waals surface area contributed by atoms with E-state index in [4.69, 9.17) is 21.3 Å². The Morgan fingerprint density at radius 1 is 1.12 bits per heavy atom. The number of benzene rings is 2. The summed E-state index contributed by atoms with van der Waals surface area (Å²) in [4.78, 5) is 33.6. The SMILES string of the molecule is CCOc1ccc(N2CC(C)Cn3c2nc2c3c(=O)n(Cc3cccc(Cl)c3)c(=O)n2C)cc1. The molecule has 1 unspecified atom stereocenters. The summed E-state index contributed by atoms with van der Waals surface area (Å²) in [6.45, 7) is 6.23. The van der Waals surface area contributed by atoms with Gasteiger partial charge in [0, 0.05) is 30.8 Å². The normalized spacial score (nSPS) is 15.5. The molecule has 0 saturated carbocycles. The van der Waals surface area contributed by atoms with Gasteiger partial charge in [0.05, 0.1) is 13.2 Å². The molecule has 0 amide bonds. The third-order valence-electron chi connectivity index (χ3n) is 6.13. The van der Waals surface area contributed by atoms with Crippen LogP contribution in [0.1, 0.15) is 19.4 Å². The molecular weight excluding hydrogens is 454 g/mol. The van der Waals surface area contributed by atoms with Crippen molar-refractivity contribution in [1.29, 1.82) is 0 Å². The van der Waals surface area contributed by atoms with E-state index in [-0.39, 0.29) is 18.0 Å². The number of hydrogen-bond acceptors (Lipinski definition) is 5. The average Bonchev–Trinajstić information content (AvgIpc) is 3.20. The fraction of sp³-hybridized carbons (Fsp3) is 0.320. The van der Waals surface area contributed by atoms with E-state index >= 15 is 0 Å². The van der Waals surface area contributed by atoms with Crippen LogP contribution in [0.2, 0.25) is 5.02 Å². The predicted molar refractivity (Wildman–Crippen MR) is 134 cm³/mol. The van der Waals surface area contributed by atoms with Crippen molar-refractivity contribution in [2.24, 2.45) is 13.0 Å². The molecule has 3 heterocycles. The standard InChI is InChI=1S/C25H26ClN5O3/c1-4-34-20-10-8-19(9-11-20)29-13-16(2)14-30-21-22(27-24(29)30)28(3)25(33)31(23(21)32)15-17-6-5-7-18(26)12-17/h5-12,16H,4,13-15H2,1-3H3. The Balaban J connectivity index is 1.66. The topological polar surface area (TPSA) is 74.3 Å². The Morgan fingerprint density at radius 3 is 2.59 bits per heavy atom. The summed E-state index contributed by atoms with van der Waals surface area (Å²) in [5.41, 5.74) is 1.80. The number of ether oxygens (including phenoxy) is 1. The highest BCUT2D eigenvalue weighted by Gasteiger charge is 2.30. The van der Waals surface area contributed by atoms with Crippen LogP contribution in [0, 0.1) is 5.92 Å². The van der Waals surface area contributed by atoms with Gasteiger partial charge in [0.15, 0.2) is 11.2 Å². The molecule has 176 valence electrons. The van der Waals surface area contributed by atoms with E-state index in [9.17, 15) is 9.59 Å². The van der Waals surface area contributed by atoms with Gasteiger partial charge in [0.25, 0.3) is 5.56 Å². The van der Waals surface area contributed by atoms with Crippen LogP contribution in [-0.4, -0.2) is 31.8 Å². The molecular formula is C25H26ClN5O3. The molecule has 1 aliphatic rings. The number of nitrogens with zero attached hydrogens (tertiary/aromatic N) is 5. The molecule has 9 heteroatoms. The maximum absolute atomic E-state index is 13.6. The van der Waals surface area contributed by atoms with E-state index in [1.54, 1.807) is 19.2 Å². The zero-order chi connectivity index (χ0) is 24.0. The molecule has 0 N–H and O–H groups in total. The van der Waals surface area contributed by atoms with Gasteiger partial charge in [0.1, 0.15) is 5.75 Å². The highest BCUT2D eigenvalue weighted by atomic mass is 35.5. The Morgan fingerprint density at radius 2 is 1.88 bits per heavy atom. The van der Waals surface area contributed by atoms with Crippen molar-refractivity contribution in [3.8, 4) is 5.75 Å². The molecule has 0 radical (unpaired) electrons. The minimum Gasteiger partial charge on any atom is -0.494 e. The first-order chi connectivity index (χ1) is 16.4. The van der Waals surface area contributed by atoms with Gasteiger partial charge in [-0.25, -0.2) is 4.79 Å². The van der Waals surface area contributed by atoms with Gasteiger partial charge in [-0.1, -0.05) is 30.7 Å². The fourth-order valence-electron chi connectivity index (χ4n) is 4.57. The molecule has 34 heavy (non-hydrogen) atoms. The molecule has 2 aromatic heterocycles. The number of imidazole rings is 1. The highest BCUT2D eigenvalue weighted by Crippen LogP contribution is 2.33. The first kappa shape index (κ1) is 22.3. The summed E-state index contributed by atoms with van der Waals surface area (Å²) in [6.07, 6.45) is 0. The number of halogens is 1. The van der Waals surface area contributed by atoms with Crippen molar-refractivity contribution in [2.75, 3.05) is 18.1 Å². The zero-order valence-electron chi connectivity index (χ0n) is 19.4. The molecule has 4 aromatic rings. The largest absolute Gasteiger partial charge is 0.494 e. The van der Waals surface area contributed by atoms with Gasteiger partial charge in [0.2, 0.25) is 5.95 Å². The monoisotopic (exact) mass is 479 g/mol. The summed E-state index contributed by atoms with van der Waals surface area (Å²) >= 11 is 6.11. The summed E-state index contributed by atoms with van der Waals surface area (Å²) in [7, 11) is 1.65. The van der Waals surface area contributed by atoms with E-state index in [0.717, 1.165) is 23.5 Å². The van der Waals surface area contributed by atoms with Gasteiger partial charge in [-0.3, -0.25) is 13.9 Å². The van der Waals surface area contributed by atoms with Crippen LogP contribution in [0.25, 0.3) is 11.2 Å². The maximum Gasteiger partial charge on any atom is 0.332 e. The second-order valence-electron chi connectivity index (χ2n) is 8.70. The Kier molecular flexibility index (Phi) is 5.69. The molecule has 0 spiro atoms. The molecule has 1 aliphatic heterocycles. The predicted octanol–water partition coefficient (Wildman–Crippen LogP) is 3.78. The lowest BCUT2D eigenvalue weighted by Crippen LogP contribution is -2.40. The average molecular weight is 480 g/mol. The molecule has 2 aromatic carbocycles. The molecule has 0 aliphatic carbocycles. The first-order valence-corrected chi connectivity index (χ1v) is 11.7. The van der Waals surface area contributed by atoms with Gasteiger partial charge < -0.3 is 14.2 Å². The number of anilines is 2. The summed E-state index contributed by atoms with van der Waals surface area (Å²) in [5.74, 6) is 1.73. The van der Waals surface area contributed by atoms with E-state index in [0.29, 0.717) is 35.3 Å². The van der Waals surface area contributed by atoms with Crippen LogP contribution in [0.5, 0.6) is 5.75 Å². The molecule has 5 rings (SSSR count). The first-order valence-electron chi connectivity index (χ1n) is 11.3. The number of fused-ring (bicyclic) bond motifs is 3. The lowest BCUT2D eigenvalue weighted by atomic mass is 10.1. The van der Waals surface area contributed by atoms with Crippen LogP contribution in [-0.2, 0) is 20.1 Å². The number of hydrogen-bond donors (Lipinski definition) is 0. The number of aryl methyl sites for hydroxylation is 1. The molecule has 0 fully saturated rings. The van der Waals surface area contributed by atoms with Crippen molar-refractivity contribution >= 4 is 34.4 Å². The minimum atomic E-state index is -0.409. The number of rotatable bonds is 5. The number of aromatic nitrogens is 4.